The number of nitro groups is 1. The van der Waals surface area contributed by atoms with Crippen LogP contribution in [0, 0.1) is 24.0 Å². The van der Waals surface area contributed by atoms with Crippen LogP contribution in [-0.2, 0) is 10.3 Å². The molecule has 2 aromatic carbocycles. The Morgan fingerprint density at radius 2 is 1.93 bits per heavy atom. The van der Waals surface area contributed by atoms with Crippen molar-refractivity contribution in [2.24, 2.45) is 0 Å². The summed E-state index contributed by atoms with van der Waals surface area (Å²) in [5.41, 5.74) is 7.37. The minimum Gasteiger partial charge on any atom is -0.497 e. The van der Waals surface area contributed by atoms with E-state index in [0.29, 0.717) is 22.7 Å². The number of carbonyl (C=O) groups is 1. The summed E-state index contributed by atoms with van der Waals surface area (Å²) in [7, 11) is 1.50. The molecule has 1 spiro atoms. The van der Waals surface area contributed by atoms with E-state index in [-0.39, 0.29) is 11.5 Å². The molecule has 1 unspecified atom stereocenters. The largest absolute Gasteiger partial charge is 0.497 e. The number of aryl methyl sites for hydroxylation is 2. The molecule has 0 aliphatic carbocycles. The molecule has 0 saturated carbocycles. The van der Waals surface area contributed by atoms with Crippen molar-refractivity contribution in [3.63, 3.8) is 0 Å². The molecule has 1 amide bonds. The zero-order chi connectivity index (χ0) is 20.1. The quantitative estimate of drug-likeness (QED) is 0.473. The van der Waals surface area contributed by atoms with Crippen molar-refractivity contribution < 1.29 is 14.5 Å². The molecule has 2 aliphatic heterocycles. The molecule has 144 valence electrons. The van der Waals surface area contributed by atoms with E-state index in [2.05, 4.69) is 21.5 Å². The van der Waals surface area contributed by atoms with E-state index >= 15 is 0 Å². The number of carbonyl (C=O) groups excluding carboxylic acids is 1. The third-order valence-electron chi connectivity index (χ3n) is 5.15. The van der Waals surface area contributed by atoms with E-state index in [4.69, 9.17) is 4.74 Å². The van der Waals surface area contributed by atoms with E-state index in [1.165, 1.54) is 7.11 Å². The number of benzene rings is 2. The lowest BCUT2D eigenvalue weighted by Crippen LogP contribution is -2.50. The first-order valence-corrected chi connectivity index (χ1v) is 8.63. The van der Waals surface area contributed by atoms with Gasteiger partial charge >= 0.3 is 5.70 Å². The maximum absolute atomic E-state index is 12.8. The maximum atomic E-state index is 12.8. The molecular formula is C19H19N5O4. The Labute approximate surface area is 160 Å². The molecule has 0 bridgehead atoms. The second-order valence-corrected chi connectivity index (χ2v) is 6.77. The number of rotatable bonds is 4. The number of fused-ring (bicyclic) bond motifs is 2. The summed E-state index contributed by atoms with van der Waals surface area (Å²) in [4.78, 5) is 24.3. The smallest absolute Gasteiger partial charge is 0.323 e. The molecule has 4 rings (SSSR count). The highest BCUT2D eigenvalue weighted by Gasteiger charge is 2.61. The molecule has 9 heteroatoms. The summed E-state index contributed by atoms with van der Waals surface area (Å²) in [6.45, 7) is 3.94. The first-order chi connectivity index (χ1) is 13.4. The zero-order valence-corrected chi connectivity index (χ0v) is 15.5. The van der Waals surface area contributed by atoms with Gasteiger partial charge in [-0.1, -0.05) is 6.07 Å². The average Bonchev–Trinajstić information content (AvgIpc) is 3.17. The molecule has 2 aromatic rings. The summed E-state index contributed by atoms with van der Waals surface area (Å²) in [5.74, 6) is 0.0700. The Morgan fingerprint density at radius 1 is 1.14 bits per heavy atom. The van der Waals surface area contributed by atoms with Crippen LogP contribution in [0.5, 0.6) is 5.75 Å². The standard InChI is InChI=1S/C19H19N5O4/c1-10-4-5-12(8-11(10)2)20-17-16(24(26)27)19(23-22-17)14-9-13(28-3)6-7-15(14)21-18(19)25/h4-9,20,22-23H,1-3H3,(H,21,25). The maximum Gasteiger partial charge on any atom is 0.323 e. The number of nitrogens with one attached hydrogen (secondary N) is 4. The van der Waals surface area contributed by atoms with E-state index in [1.807, 2.05) is 32.0 Å². The van der Waals surface area contributed by atoms with Crippen molar-refractivity contribution in [2.75, 3.05) is 17.7 Å². The lowest BCUT2D eigenvalue weighted by atomic mass is 9.89. The van der Waals surface area contributed by atoms with Gasteiger partial charge in [0.2, 0.25) is 5.54 Å². The highest BCUT2D eigenvalue weighted by atomic mass is 16.6. The van der Waals surface area contributed by atoms with Gasteiger partial charge in [0.1, 0.15) is 5.75 Å². The molecule has 0 aromatic heterocycles. The Balaban J connectivity index is 1.84. The van der Waals surface area contributed by atoms with Gasteiger partial charge in [-0.3, -0.25) is 20.3 Å². The van der Waals surface area contributed by atoms with Crippen LogP contribution in [-0.4, -0.2) is 17.9 Å². The third-order valence-corrected chi connectivity index (χ3v) is 5.15. The third kappa shape index (κ3) is 2.48. The van der Waals surface area contributed by atoms with Crippen molar-refractivity contribution in [2.45, 2.75) is 19.4 Å². The van der Waals surface area contributed by atoms with Gasteiger partial charge in [-0.05, 0) is 55.3 Å². The van der Waals surface area contributed by atoms with Crippen LogP contribution >= 0.6 is 0 Å². The fourth-order valence-corrected chi connectivity index (χ4v) is 3.51. The van der Waals surface area contributed by atoms with Gasteiger partial charge in [-0.15, -0.1) is 0 Å². The predicted molar refractivity (Wildman–Crippen MR) is 103 cm³/mol. The summed E-state index contributed by atoms with van der Waals surface area (Å²) < 4.78 is 5.23. The van der Waals surface area contributed by atoms with Crippen molar-refractivity contribution in [1.29, 1.82) is 0 Å². The van der Waals surface area contributed by atoms with Crippen LogP contribution < -0.4 is 26.2 Å². The number of hydrogen-bond acceptors (Lipinski definition) is 7. The van der Waals surface area contributed by atoms with Gasteiger partial charge < -0.3 is 15.4 Å². The van der Waals surface area contributed by atoms with E-state index < -0.39 is 16.4 Å². The van der Waals surface area contributed by atoms with E-state index in [1.54, 1.807) is 18.2 Å². The fraction of sp³-hybridized carbons (Fsp3) is 0.211. The normalized spacial score (nSPS) is 20.0. The van der Waals surface area contributed by atoms with E-state index in [0.717, 1.165) is 11.1 Å². The highest BCUT2D eigenvalue weighted by molar-refractivity contribution is 6.08. The van der Waals surface area contributed by atoms with Gasteiger partial charge in [0, 0.05) is 16.9 Å². The molecule has 0 fully saturated rings. The van der Waals surface area contributed by atoms with Crippen molar-refractivity contribution in [3.8, 4) is 5.75 Å². The zero-order valence-electron chi connectivity index (χ0n) is 15.5. The van der Waals surface area contributed by atoms with Crippen molar-refractivity contribution in [1.82, 2.24) is 10.9 Å². The Morgan fingerprint density at radius 3 is 2.61 bits per heavy atom. The number of ether oxygens (including phenoxy) is 1. The molecule has 4 N–H and O–H groups in total. The Hall–Kier alpha value is -3.59. The van der Waals surface area contributed by atoms with Crippen molar-refractivity contribution >= 4 is 17.3 Å². The molecule has 0 radical (unpaired) electrons. The molecule has 1 atom stereocenters. The monoisotopic (exact) mass is 381 g/mol. The van der Waals surface area contributed by atoms with Crippen LogP contribution in [0.3, 0.4) is 0 Å². The molecular weight excluding hydrogens is 362 g/mol. The number of methoxy groups -OCH3 is 1. The summed E-state index contributed by atoms with van der Waals surface area (Å²) >= 11 is 0. The van der Waals surface area contributed by atoms with Gasteiger partial charge in [0.05, 0.1) is 12.0 Å². The number of hydrogen-bond donors (Lipinski definition) is 4. The Bertz CT molecular complexity index is 1050. The van der Waals surface area contributed by atoms with Gasteiger partial charge in [-0.2, -0.15) is 0 Å². The second-order valence-electron chi connectivity index (χ2n) is 6.77. The molecule has 9 nitrogen and oxygen atoms in total. The number of hydrazine groups is 1. The predicted octanol–water partition coefficient (Wildman–Crippen LogP) is 2.13. The molecule has 28 heavy (non-hydrogen) atoms. The van der Waals surface area contributed by atoms with Gasteiger partial charge in [0.15, 0.2) is 5.82 Å². The molecule has 2 aliphatic rings. The summed E-state index contributed by atoms with van der Waals surface area (Å²) in [5, 5.41) is 17.7. The van der Waals surface area contributed by atoms with Crippen molar-refractivity contribution in [3.05, 3.63) is 74.7 Å². The highest BCUT2D eigenvalue weighted by Crippen LogP contribution is 2.45. The number of amides is 1. The summed E-state index contributed by atoms with van der Waals surface area (Å²) in [6.07, 6.45) is 0. The fourth-order valence-electron chi connectivity index (χ4n) is 3.51. The molecule has 0 saturated heterocycles. The van der Waals surface area contributed by atoms with Crippen LogP contribution in [0.2, 0.25) is 0 Å². The van der Waals surface area contributed by atoms with Gasteiger partial charge in [-0.25, -0.2) is 5.43 Å². The lowest BCUT2D eigenvalue weighted by molar-refractivity contribution is -0.434. The first kappa shape index (κ1) is 17.8. The minimum absolute atomic E-state index is 0.110. The number of anilines is 2. The topological polar surface area (TPSA) is 118 Å². The van der Waals surface area contributed by atoms with Crippen LogP contribution in [0.25, 0.3) is 0 Å². The second kappa shape index (κ2) is 6.24. The average molecular weight is 381 g/mol. The van der Waals surface area contributed by atoms with Crippen LogP contribution in [0.4, 0.5) is 11.4 Å². The summed E-state index contributed by atoms with van der Waals surface area (Å²) in [6, 6.07) is 10.6. The SMILES string of the molecule is COc1ccc2c(c1)C1(NNC(Nc3ccc(C)c(C)c3)=C1[N+](=O)[O-])C(=O)N2. The lowest BCUT2D eigenvalue weighted by Gasteiger charge is -2.19. The van der Waals surface area contributed by atoms with Crippen LogP contribution in [0.15, 0.2) is 47.9 Å². The van der Waals surface area contributed by atoms with Gasteiger partial charge in [0.25, 0.3) is 5.91 Å². The number of nitrogens with zero attached hydrogens (tertiary/aromatic N) is 1. The Kier molecular flexibility index (Phi) is 3.97. The minimum atomic E-state index is -1.67. The van der Waals surface area contributed by atoms with E-state index in [9.17, 15) is 14.9 Å². The molecule has 2 heterocycles. The van der Waals surface area contributed by atoms with Crippen LogP contribution in [0.1, 0.15) is 16.7 Å². The first-order valence-electron chi connectivity index (χ1n) is 8.63.